The summed E-state index contributed by atoms with van der Waals surface area (Å²) < 4.78 is 4.24. The quantitative estimate of drug-likeness (QED) is 0.325. The first-order chi connectivity index (χ1) is 13.0. The third-order valence-corrected chi connectivity index (χ3v) is 5.90. The first kappa shape index (κ1) is 18.8. The molecule has 1 atom stereocenters. The number of halogens is 3. The highest BCUT2D eigenvalue weighted by molar-refractivity contribution is 9.10. The summed E-state index contributed by atoms with van der Waals surface area (Å²) in [6.45, 7) is 0.901. The van der Waals surface area contributed by atoms with E-state index in [-0.39, 0.29) is 0 Å². The molecular formula is C21H17Br2ClN2O. The summed E-state index contributed by atoms with van der Waals surface area (Å²) in [6, 6.07) is 20.0. The normalized spacial score (nSPS) is 12.6. The number of para-hydroxylation sites is 1. The van der Waals surface area contributed by atoms with Crippen molar-refractivity contribution in [1.82, 2.24) is 4.57 Å². The molecule has 0 saturated carbocycles. The van der Waals surface area contributed by atoms with Crippen LogP contribution in [0.25, 0.3) is 21.8 Å². The minimum Gasteiger partial charge on any atom is -0.389 e. The Bertz CT molecular complexity index is 1070. The van der Waals surface area contributed by atoms with Crippen LogP contribution in [0.1, 0.15) is 0 Å². The number of fused-ring (bicyclic) bond motifs is 3. The SMILES string of the molecule is OC(CNc1ccccc1Cl)Cn1c2ccc(Br)cc2c2cc(Br)ccc21. The van der Waals surface area contributed by atoms with E-state index in [1.54, 1.807) is 0 Å². The van der Waals surface area contributed by atoms with Crippen molar-refractivity contribution in [1.29, 1.82) is 0 Å². The van der Waals surface area contributed by atoms with Crippen LogP contribution >= 0.6 is 43.5 Å². The van der Waals surface area contributed by atoms with E-state index in [1.807, 2.05) is 36.4 Å². The van der Waals surface area contributed by atoms with Gasteiger partial charge in [0.25, 0.3) is 0 Å². The monoisotopic (exact) mass is 506 g/mol. The van der Waals surface area contributed by atoms with Gasteiger partial charge < -0.3 is 15.0 Å². The molecule has 138 valence electrons. The lowest BCUT2D eigenvalue weighted by Gasteiger charge is -2.16. The van der Waals surface area contributed by atoms with Crippen molar-refractivity contribution >= 4 is 71.0 Å². The highest BCUT2D eigenvalue weighted by Gasteiger charge is 2.15. The van der Waals surface area contributed by atoms with Crippen LogP contribution in [0.5, 0.6) is 0 Å². The second-order valence-corrected chi connectivity index (χ2v) is 8.69. The lowest BCUT2D eigenvalue weighted by Crippen LogP contribution is -2.24. The molecule has 0 saturated heterocycles. The molecule has 27 heavy (non-hydrogen) atoms. The molecule has 0 aliphatic carbocycles. The van der Waals surface area contributed by atoms with E-state index in [0.29, 0.717) is 18.1 Å². The Labute approximate surface area is 179 Å². The Morgan fingerprint density at radius 2 is 1.52 bits per heavy atom. The largest absolute Gasteiger partial charge is 0.389 e. The molecule has 4 aromatic rings. The molecule has 2 N–H and O–H groups in total. The molecule has 0 fully saturated rings. The molecule has 6 heteroatoms. The zero-order valence-corrected chi connectivity index (χ0v) is 18.2. The molecule has 3 aromatic carbocycles. The standard InChI is InChI=1S/C21H17Br2ClN2O/c22-13-5-7-20-16(9-13)17-10-14(23)6-8-21(17)26(20)12-15(27)11-25-19-4-2-1-3-18(19)24/h1-10,15,25,27H,11-12H2. The second-order valence-electron chi connectivity index (χ2n) is 6.45. The fourth-order valence-corrected chi connectivity index (χ4v) is 4.28. The van der Waals surface area contributed by atoms with E-state index in [9.17, 15) is 5.11 Å². The Kier molecular flexibility index (Phi) is 5.46. The van der Waals surface area contributed by atoms with Crippen LogP contribution in [0.4, 0.5) is 5.69 Å². The third-order valence-electron chi connectivity index (χ3n) is 4.58. The van der Waals surface area contributed by atoms with Crippen molar-refractivity contribution in [2.24, 2.45) is 0 Å². The minimum absolute atomic E-state index is 0.415. The average Bonchev–Trinajstić information content (AvgIpc) is 2.93. The number of nitrogens with zero attached hydrogens (tertiary/aromatic N) is 1. The van der Waals surface area contributed by atoms with Crippen molar-refractivity contribution in [2.45, 2.75) is 12.6 Å². The molecule has 0 aliphatic rings. The number of aliphatic hydroxyl groups excluding tert-OH is 1. The smallest absolute Gasteiger partial charge is 0.0891 e. The van der Waals surface area contributed by atoms with Crippen molar-refractivity contribution in [3.63, 3.8) is 0 Å². The molecule has 4 rings (SSSR count). The highest BCUT2D eigenvalue weighted by atomic mass is 79.9. The van der Waals surface area contributed by atoms with Crippen molar-refractivity contribution < 1.29 is 5.11 Å². The summed E-state index contributed by atoms with van der Waals surface area (Å²) in [5.41, 5.74) is 3.03. The molecule has 0 aliphatic heterocycles. The van der Waals surface area contributed by atoms with E-state index in [0.717, 1.165) is 36.4 Å². The van der Waals surface area contributed by atoms with Crippen molar-refractivity contribution in [3.8, 4) is 0 Å². The zero-order valence-electron chi connectivity index (χ0n) is 14.3. The van der Waals surface area contributed by atoms with Gasteiger partial charge in [-0.15, -0.1) is 0 Å². The summed E-state index contributed by atoms with van der Waals surface area (Å²) in [7, 11) is 0. The number of anilines is 1. The molecule has 0 radical (unpaired) electrons. The summed E-state index contributed by atoms with van der Waals surface area (Å²) >= 11 is 13.3. The van der Waals surface area contributed by atoms with Gasteiger partial charge in [0.15, 0.2) is 0 Å². The predicted molar refractivity (Wildman–Crippen MR) is 121 cm³/mol. The highest BCUT2D eigenvalue weighted by Crippen LogP contribution is 2.33. The maximum atomic E-state index is 10.7. The van der Waals surface area contributed by atoms with Crippen LogP contribution < -0.4 is 5.32 Å². The number of aromatic nitrogens is 1. The van der Waals surface area contributed by atoms with Gasteiger partial charge in [0.2, 0.25) is 0 Å². The van der Waals surface area contributed by atoms with E-state index < -0.39 is 6.10 Å². The summed E-state index contributed by atoms with van der Waals surface area (Å²) in [5, 5.41) is 16.9. The fourth-order valence-electron chi connectivity index (χ4n) is 3.35. The molecule has 0 bridgehead atoms. The number of aliphatic hydroxyl groups is 1. The maximum absolute atomic E-state index is 10.7. The lowest BCUT2D eigenvalue weighted by atomic mass is 10.2. The molecule has 1 aromatic heterocycles. The Hall–Kier alpha value is -1.53. The van der Waals surface area contributed by atoms with E-state index >= 15 is 0 Å². The summed E-state index contributed by atoms with van der Waals surface area (Å²) in [6.07, 6.45) is -0.563. The number of rotatable bonds is 5. The van der Waals surface area contributed by atoms with Gasteiger partial charge in [-0.1, -0.05) is 55.6 Å². The Morgan fingerprint density at radius 1 is 0.926 bits per heavy atom. The summed E-state index contributed by atoms with van der Waals surface area (Å²) in [4.78, 5) is 0. The topological polar surface area (TPSA) is 37.2 Å². The van der Waals surface area contributed by atoms with Crippen LogP contribution in [-0.2, 0) is 6.54 Å². The number of benzene rings is 3. The minimum atomic E-state index is -0.563. The van der Waals surface area contributed by atoms with Crippen LogP contribution in [0.15, 0.2) is 69.6 Å². The molecule has 1 heterocycles. The van der Waals surface area contributed by atoms with E-state index in [2.05, 4.69) is 66.0 Å². The fraction of sp³-hybridized carbons (Fsp3) is 0.143. The molecule has 1 unspecified atom stereocenters. The van der Waals surface area contributed by atoms with Gasteiger partial charge in [0.05, 0.1) is 23.4 Å². The second kappa shape index (κ2) is 7.84. The maximum Gasteiger partial charge on any atom is 0.0891 e. The third kappa shape index (κ3) is 3.87. The molecule has 0 amide bonds. The van der Waals surface area contributed by atoms with Crippen molar-refractivity contribution in [2.75, 3.05) is 11.9 Å². The average molecular weight is 509 g/mol. The number of hydrogen-bond acceptors (Lipinski definition) is 2. The van der Waals surface area contributed by atoms with Crippen LogP contribution in [0.2, 0.25) is 5.02 Å². The van der Waals surface area contributed by atoms with Gasteiger partial charge in [-0.2, -0.15) is 0 Å². The zero-order chi connectivity index (χ0) is 19.0. The number of hydrogen-bond donors (Lipinski definition) is 2. The van der Waals surface area contributed by atoms with Crippen LogP contribution in [0.3, 0.4) is 0 Å². The van der Waals surface area contributed by atoms with Gasteiger partial charge in [-0.3, -0.25) is 0 Å². The van der Waals surface area contributed by atoms with Gasteiger partial charge >= 0.3 is 0 Å². The molecule has 0 spiro atoms. The van der Waals surface area contributed by atoms with Gasteiger partial charge in [0, 0.05) is 37.3 Å². The van der Waals surface area contributed by atoms with E-state index in [1.165, 1.54) is 0 Å². The first-order valence-electron chi connectivity index (χ1n) is 8.56. The summed E-state index contributed by atoms with van der Waals surface area (Å²) in [5.74, 6) is 0. The Morgan fingerprint density at radius 3 is 2.11 bits per heavy atom. The first-order valence-corrected chi connectivity index (χ1v) is 10.5. The van der Waals surface area contributed by atoms with Crippen LogP contribution in [0, 0.1) is 0 Å². The molecular weight excluding hydrogens is 492 g/mol. The van der Waals surface area contributed by atoms with Crippen molar-refractivity contribution in [3.05, 3.63) is 74.6 Å². The van der Waals surface area contributed by atoms with Crippen LogP contribution in [-0.4, -0.2) is 22.3 Å². The lowest BCUT2D eigenvalue weighted by molar-refractivity contribution is 0.169. The van der Waals surface area contributed by atoms with Gasteiger partial charge in [-0.25, -0.2) is 0 Å². The molecule has 3 nitrogen and oxygen atoms in total. The van der Waals surface area contributed by atoms with E-state index in [4.69, 9.17) is 11.6 Å². The Balaban J connectivity index is 1.65. The van der Waals surface area contributed by atoms with Gasteiger partial charge in [0.1, 0.15) is 0 Å². The number of nitrogens with one attached hydrogen (secondary N) is 1. The predicted octanol–water partition coefficient (Wildman–Crippen LogP) is 6.45. The van der Waals surface area contributed by atoms with Gasteiger partial charge in [-0.05, 0) is 48.5 Å².